The van der Waals surface area contributed by atoms with Crippen molar-refractivity contribution in [3.8, 4) is 0 Å². The van der Waals surface area contributed by atoms with Gasteiger partial charge >= 0.3 is 5.97 Å². The number of amides is 1. The van der Waals surface area contributed by atoms with Gasteiger partial charge in [0.1, 0.15) is 5.60 Å². The summed E-state index contributed by atoms with van der Waals surface area (Å²) in [5, 5.41) is 2.79. The average molecular weight is 331 g/mol. The van der Waals surface area contributed by atoms with Crippen LogP contribution in [0.3, 0.4) is 0 Å². The first-order valence-electron chi connectivity index (χ1n) is 8.35. The molecule has 1 amide bonds. The van der Waals surface area contributed by atoms with Crippen LogP contribution in [0.1, 0.15) is 51.2 Å². The first kappa shape index (κ1) is 18.2. The van der Waals surface area contributed by atoms with Crippen molar-refractivity contribution in [3.63, 3.8) is 0 Å². The van der Waals surface area contributed by atoms with Gasteiger partial charge in [0.25, 0.3) is 0 Å². The van der Waals surface area contributed by atoms with Crippen molar-refractivity contribution in [2.45, 2.75) is 64.5 Å². The first-order valence-corrected chi connectivity index (χ1v) is 8.35. The van der Waals surface area contributed by atoms with Crippen LogP contribution in [-0.4, -0.2) is 29.3 Å². The van der Waals surface area contributed by atoms with Crippen LogP contribution in [0.25, 0.3) is 0 Å². The molecule has 1 aromatic rings. The highest BCUT2D eigenvalue weighted by atomic mass is 16.6. The van der Waals surface area contributed by atoms with E-state index in [1.807, 2.05) is 45.0 Å². The van der Waals surface area contributed by atoms with Gasteiger partial charge in [-0.15, -0.1) is 0 Å². The molecule has 0 radical (unpaired) electrons. The third-order valence-electron chi connectivity index (χ3n) is 3.80. The molecule has 0 aromatic heterocycles. The zero-order valence-electron chi connectivity index (χ0n) is 14.6. The van der Waals surface area contributed by atoms with Gasteiger partial charge in [-0.2, -0.15) is 0 Å². The Balaban J connectivity index is 1.84. The highest BCUT2D eigenvalue weighted by molar-refractivity contribution is 5.91. The molecule has 130 valence electrons. The number of rotatable bonds is 5. The summed E-state index contributed by atoms with van der Waals surface area (Å²) < 4.78 is 5.29. The van der Waals surface area contributed by atoms with Gasteiger partial charge in [0.15, 0.2) is 5.78 Å². The molecule has 1 aliphatic carbocycles. The predicted molar refractivity (Wildman–Crippen MR) is 90.5 cm³/mol. The summed E-state index contributed by atoms with van der Waals surface area (Å²) in [4.78, 5) is 35.3. The van der Waals surface area contributed by atoms with Crippen molar-refractivity contribution in [2.24, 2.45) is 0 Å². The number of carbonyl (C=O) groups is 3. The fraction of sp³-hybridized carbons (Fsp3) is 0.526. The summed E-state index contributed by atoms with van der Waals surface area (Å²) >= 11 is 0. The van der Waals surface area contributed by atoms with Crippen molar-refractivity contribution in [1.82, 2.24) is 5.32 Å². The number of Topliss-reactive ketones (excluding diaryl/α,β-unsaturated/α-hetero) is 1. The van der Waals surface area contributed by atoms with Crippen LogP contribution in [0, 0.1) is 0 Å². The van der Waals surface area contributed by atoms with Crippen molar-refractivity contribution in [1.29, 1.82) is 0 Å². The van der Waals surface area contributed by atoms with Gasteiger partial charge in [0, 0.05) is 6.42 Å². The molecule has 2 rings (SSSR count). The minimum atomic E-state index is -0.493. The second kappa shape index (κ2) is 7.60. The van der Waals surface area contributed by atoms with Crippen LogP contribution in [-0.2, 0) is 32.0 Å². The van der Waals surface area contributed by atoms with E-state index in [2.05, 4.69) is 5.32 Å². The summed E-state index contributed by atoms with van der Waals surface area (Å²) in [6.07, 6.45) is 2.59. The lowest BCUT2D eigenvalue weighted by atomic mass is 10.1. The van der Waals surface area contributed by atoms with E-state index in [0.717, 1.165) is 24.0 Å². The van der Waals surface area contributed by atoms with Crippen LogP contribution >= 0.6 is 0 Å². The number of hydrogen-bond acceptors (Lipinski definition) is 4. The maximum Gasteiger partial charge on any atom is 0.310 e. The van der Waals surface area contributed by atoms with Gasteiger partial charge in [0.05, 0.1) is 18.9 Å². The molecule has 0 aliphatic heterocycles. The van der Waals surface area contributed by atoms with Crippen LogP contribution < -0.4 is 5.32 Å². The Hall–Kier alpha value is -2.17. The Labute approximate surface area is 142 Å². The van der Waals surface area contributed by atoms with E-state index >= 15 is 0 Å². The number of carbonyl (C=O) groups excluding carboxylic acids is 3. The monoisotopic (exact) mass is 331 g/mol. The lowest BCUT2D eigenvalue weighted by Gasteiger charge is -2.19. The molecule has 1 saturated carbocycles. The Morgan fingerprint density at radius 1 is 1.12 bits per heavy atom. The van der Waals surface area contributed by atoms with Gasteiger partial charge in [-0.1, -0.05) is 24.3 Å². The maximum atomic E-state index is 12.0. The summed E-state index contributed by atoms with van der Waals surface area (Å²) in [5.41, 5.74) is 1.21. The number of benzene rings is 1. The Bertz CT molecular complexity index is 613. The lowest BCUT2D eigenvalue weighted by Crippen LogP contribution is -2.38. The maximum absolute atomic E-state index is 12.0. The van der Waals surface area contributed by atoms with Crippen molar-refractivity contribution < 1.29 is 19.1 Å². The number of esters is 1. The highest BCUT2D eigenvalue weighted by Gasteiger charge is 2.25. The Morgan fingerprint density at radius 2 is 1.71 bits per heavy atom. The molecular formula is C19H25NO4. The van der Waals surface area contributed by atoms with Gasteiger partial charge in [0.2, 0.25) is 5.91 Å². The van der Waals surface area contributed by atoms with Crippen LogP contribution in [0.15, 0.2) is 24.3 Å². The molecule has 1 N–H and O–H groups in total. The Kier molecular flexibility index (Phi) is 5.75. The minimum absolute atomic E-state index is 0.121. The summed E-state index contributed by atoms with van der Waals surface area (Å²) in [5.74, 6) is -0.293. The lowest BCUT2D eigenvalue weighted by molar-refractivity contribution is -0.153. The molecule has 1 aliphatic rings. The van der Waals surface area contributed by atoms with E-state index in [4.69, 9.17) is 4.74 Å². The molecule has 0 bridgehead atoms. The normalized spacial score (nSPS) is 17.6. The standard InChI is InChI=1S/C19H25NO4/c1-19(2,3)24-18(23)12-14-9-7-13(8-10-14)11-17(22)20-15-5-4-6-16(15)21/h7-10,15H,4-6,11-12H2,1-3H3,(H,20,22)/t15-/m1/s1. The zero-order valence-corrected chi connectivity index (χ0v) is 14.6. The molecule has 0 saturated heterocycles. The molecule has 5 heteroatoms. The van der Waals surface area contributed by atoms with Gasteiger partial charge < -0.3 is 10.1 Å². The fourth-order valence-electron chi connectivity index (χ4n) is 2.72. The highest BCUT2D eigenvalue weighted by Crippen LogP contribution is 2.15. The molecule has 5 nitrogen and oxygen atoms in total. The van der Waals surface area contributed by atoms with Crippen LogP contribution in [0.5, 0.6) is 0 Å². The van der Waals surface area contributed by atoms with Crippen molar-refractivity contribution in [3.05, 3.63) is 35.4 Å². The van der Waals surface area contributed by atoms with Gasteiger partial charge in [-0.3, -0.25) is 14.4 Å². The average Bonchev–Trinajstić information content (AvgIpc) is 2.84. The number of nitrogens with one attached hydrogen (secondary N) is 1. The predicted octanol–water partition coefficient (Wildman–Crippen LogP) is 2.35. The van der Waals surface area contributed by atoms with Gasteiger partial charge in [-0.25, -0.2) is 0 Å². The second-order valence-electron chi connectivity index (χ2n) is 7.24. The van der Waals surface area contributed by atoms with Gasteiger partial charge in [-0.05, 0) is 44.7 Å². The van der Waals surface area contributed by atoms with E-state index in [9.17, 15) is 14.4 Å². The quantitative estimate of drug-likeness (QED) is 0.841. The number of hydrogen-bond donors (Lipinski definition) is 1. The van der Waals surface area contributed by atoms with Crippen LogP contribution in [0.4, 0.5) is 0 Å². The molecule has 24 heavy (non-hydrogen) atoms. The van der Waals surface area contributed by atoms with E-state index in [-0.39, 0.29) is 36.5 Å². The molecular weight excluding hydrogens is 306 g/mol. The zero-order chi connectivity index (χ0) is 17.7. The summed E-state index contributed by atoms with van der Waals surface area (Å²) in [6.45, 7) is 5.51. The van der Waals surface area contributed by atoms with Crippen molar-refractivity contribution >= 4 is 17.7 Å². The van der Waals surface area contributed by atoms with E-state index in [1.165, 1.54) is 0 Å². The minimum Gasteiger partial charge on any atom is -0.460 e. The molecule has 1 atom stereocenters. The number of ketones is 1. The van der Waals surface area contributed by atoms with E-state index in [1.54, 1.807) is 0 Å². The third kappa shape index (κ3) is 5.80. The molecule has 1 aromatic carbocycles. The molecule has 1 fully saturated rings. The van der Waals surface area contributed by atoms with Crippen molar-refractivity contribution in [2.75, 3.05) is 0 Å². The Morgan fingerprint density at radius 3 is 2.21 bits per heavy atom. The third-order valence-corrected chi connectivity index (χ3v) is 3.80. The van der Waals surface area contributed by atoms with E-state index in [0.29, 0.717) is 6.42 Å². The second-order valence-corrected chi connectivity index (χ2v) is 7.24. The summed E-state index contributed by atoms with van der Waals surface area (Å²) in [7, 11) is 0. The molecule has 0 spiro atoms. The summed E-state index contributed by atoms with van der Waals surface area (Å²) in [6, 6.07) is 7.00. The largest absolute Gasteiger partial charge is 0.460 e. The molecule has 0 heterocycles. The SMILES string of the molecule is CC(C)(C)OC(=O)Cc1ccc(CC(=O)N[C@@H]2CCCC2=O)cc1. The smallest absolute Gasteiger partial charge is 0.310 e. The first-order chi connectivity index (χ1) is 11.2. The van der Waals surface area contributed by atoms with E-state index < -0.39 is 5.60 Å². The number of ether oxygens (including phenoxy) is 1. The fourth-order valence-corrected chi connectivity index (χ4v) is 2.72. The molecule has 0 unspecified atom stereocenters. The van der Waals surface area contributed by atoms with Crippen LogP contribution in [0.2, 0.25) is 0 Å². The topological polar surface area (TPSA) is 72.5 Å².